The number of fused-ring (bicyclic) bond motifs is 5. The third kappa shape index (κ3) is 6.99. The van der Waals surface area contributed by atoms with E-state index in [1.165, 1.54) is 18.2 Å². The number of nitrogens with one attached hydrogen (secondary N) is 3. The zero-order valence-electron chi connectivity index (χ0n) is 30.8. The van der Waals surface area contributed by atoms with E-state index < -0.39 is 17.7 Å². The first-order chi connectivity index (χ1) is 27.8. The maximum absolute atomic E-state index is 14.0. The fourth-order valence-corrected chi connectivity index (χ4v) is 7.43. The Labute approximate surface area is 328 Å². The first-order valence-corrected chi connectivity index (χ1v) is 18.6. The number of anilines is 3. The standard InChI is InChI=1S/C51H35N3O3/c1-3-31-19-37-13-16-46(28-40(37)20-32(31)4-2)52-49(55)43-25-44(50(56)53-47-17-14-38-21-33-9-5-7-11-35(33)23-41(38)29-47)27-45(26-43)51(57)54-48-18-15-39-22-34-10-6-8-12-36(34)24-42(39)30-48/h3-30H,1-2H2,(H,52,55)(H,53,56)(H,54,57). The Morgan fingerprint density at radius 2 is 0.614 bits per heavy atom. The van der Waals surface area contributed by atoms with Crippen molar-refractivity contribution in [3.63, 3.8) is 0 Å². The molecule has 9 aromatic rings. The minimum atomic E-state index is -0.472. The molecule has 9 aromatic carbocycles. The van der Waals surface area contributed by atoms with Crippen molar-refractivity contribution in [1.82, 2.24) is 0 Å². The van der Waals surface area contributed by atoms with Gasteiger partial charge in [-0.1, -0.05) is 92.0 Å². The summed E-state index contributed by atoms with van der Waals surface area (Å²) in [6.07, 6.45) is 3.55. The Balaban J connectivity index is 1.04. The molecule has 0 heterocycles. The summed E-state index contributed by atoms with van der Waals surface area (Å²) >= 11 is 0. The zero-order chi connectivity index (χ0) is 39.0. The van der Waals surface area contributed by atoms with Crippen LogP contribution in [0.15, 0.2) is 171 Å². The van der Waals surface area contributed by atoms with Gasteiger partial charge in [-0.15, -0.1) is 0 Å². The van der Waals surface area contributed by atoms with Crippen LogP contribution < -0.4 is 16.0 Å². The van der Waals surface area contributed by atoms with Crippen molar-refractivity contribution in [2.45, 2.75) is 0 Å². The van der Waals surface area contributed by atoms with Gasteiger partial charge in [-0.2, -0.15) is 0 Å². The van der Waals surface area contributed by atoms with Gasteiger partial charge in [0.2, 0.25) is 0 Å². The molecule has 0 saturated heterocycles. The molecule has 0 aliphatic rings. The Kier molecular flexibility index (Phi) is 8.84. The molecule has 3 amide bonds. The zero-order valence-corrected chi connectivity index (χ0v) is 30.8. The van der Waals surface area contributed by atoms with E-state index in [1.807, 2.05) is 91.0 Å². The molecule has 6 nitrogen and oxygen atoms in total. The van der Waals surface area contributed by atoms with Crippen LogP contribution in [-0.2, 0) is 0 Å². The second kappa shape index (κ2) is 14.4. The lowest BCUT2D eigenvalue weighted by atomic mass is 10.00. The summed E-state index contributed by atoms with van der Waals surface area (Å²) in [4.78, 5) is 41.8. The van der Waals surface area contributed by atoms with Gasteiger partial charge in [0.15, 0.2) is 0 Å². The van der Waals surface area contributed by atoms with Crippen molar-refractivity contribution in [2.75, 3.05) is 16.0 Å². The molecule has 0 bridgehead atoms. The van der Waals surface area contributed by atoms with Gasteiger partial charge in [0.05, 0.1) is 0 Å². The molecule has 0 aromatic heterocycles. The lowest BCUT2D eigenvalue weighted by Crippen LogP contribution is -2.19. The SMILES string of the molecule is C=Cc1cc2ccc(NC(=O)c3cc(C(=O)Nc4ccc5cc6ccccc6cc5c4)cc(C(=O)Nc4ccc5cc6ccccc6cc5c4)c3)cc2cc1C=C. The quantitative estimate of drug-likeness (QED) is 0.136. The Bertz CT molecular complexity index is 3010. The Hall–Kier alpha value is -7.83. The molecule has 6 heteroatoms. The number of hydrogen-bond acceptors (Lipinski definition) is 3. The molecule has 0 atom stereocenters. The first-order valence-electron chi connectivity index (χ1n) is 18.6. The molecule has 0 spiro atoms. The topological polar surface area (TPSA) is 87.3 Å². The van der Waals surface area contributed by atoms with Crippen LogP contribution in [0.4, 0.5) is 17.1 Å². The van der Waals surface area contributed by atoms with Crippen molar-refractivity contribution in [2.24, 2.45) is 0 Å². The van der Waals surface area contributed by atoms with Gasteiger partial charge in [0.1, 0.15) is 0 Å². The van der Waals surface area contributed by atoms with Crippen molar-refractivity contribution in [3.05, 3.63) is 199 Å². The predicted octanol–water partition coefficient (Wildman–Crippen LogP) is 12.5. The van der Waals surface area contributed by atoms with E-state index >= 15 is 0 Å². The van der Waals surface area contributed by atoms with E-state index in [-0.39, 0.29) is 16.7 Å². The summed E-state index contributed by atoms with van der Waals surface area (Å²) in [6, 6.07) is 50.3. The van der Waals surface area contributed by atoms with Gasteiger partial charge in [0, 0.05) is 33.8 Å². The molecule has 0 radical (unpaired) electrons. The highest BCUT2D eigenvalue weighted by atomic mass is 16.2. The van der Waals surface area contributed by atoms with Crippen LogP contribution in [0.2, 0.25) is 0 Å². The fourth-order valence-electron chi connectivity index (χ4n) is 7.43. The average Bonchev–Trinajstić information content (AvgIpc) is 3.24. The summed E-state index contributed by atoms with van der Waals surface area (Å²) in [6.45, 7) is 7.82. The highest BCUT2D eigenvalue weighted by Crippen LogP contribution is 2.29. The molecular formula is C51H35N3O3. The lowest BCUT2D eigenvalue weighted by molar-refractivity contribution is 0.102. The van der Waals surface area contributed by atoms with Crippen LogP contribution >= 0.6 is 0 Å². The number of hydrogen-bond donors (Lipinski definition) is 3. The van der Waals surface area contributed by atoms with Gasteiger partial charge < -0.3 is 16.0 Å². The second-order valence-corrected chi connectivity index (χ2v) is 14.1. The predicted molar refractivity (Wildman–Crippen MR) is 237 cm³/mol. The van der Waals surface area contributed by atoms with E-state index in [0.717, 1.165) is 65.0 Å². The van der Waals surface area contributed by atoms with Crippen molar-refractivity contribution in [3.8, 4) is 0 Å². The third-order valence-corrected chi connectivity index (χ3v) is 10.4. The van der Waals surface area contributed by atoms with Crippen LogP contribution in [0.3, 0.4) is 0 Å². The monoisotopic (exact) mass is 737 g/mol. The number of rotatable bonds is 8. The average molecular weight is 738 g/mol. The second-order valence-electron chi connectivity index (χ2n) is 14.1. The molecule has 0 fully saturated rings. The van der Waals surface area contributed by atoms with E-state index in [9.17, 15) is 14.4 Å². The summed E-state index contributed by atoms with van der Waals surface area (Å²) in [7, 11) is 0. The van der Waals surface area contributed by atoms with E-state index in [4.69, 9.17) is 0 Å². The lowest BCUT2D eigenvalue weighted by Gasteiger charge is -2.13. The van der Waals surface area contributed by atoms with Crippen molar-refractivity contribution < 1.29 is 14.4 Å². The Morgan fingerprint density at radius 1 is 0.333 bits per heavy atom. The smallest absolute Gasteiger partial charge is 0.255 e. The first kappa shape index (κ1) is 34.9. The molecule has 0 unspecified atom stereocenters. The highest BCUT2D eigenvalue weighted by molar-refractivity contribution is 6.14. The van der Waals surface area contributed by atoms with E-state index in [0.29, 0.717) is 17.1 Å². The van der Waals surface area contributed by atoms with Gasteiger partial charge >= 0.3 is 0 Å². The minimum Gasteiger partial charge on any atom is -0.322 e. The largest absolute Gasteiger partial charge is 0.322 e. The van der Waals surface area contributed by atoms with Crippen molar-refractivity contribution >= 4 is 101 Å². The molecule has 57 heavy (non-hydrogen) atoms. The van der Waals surface area contributed by atoms with Gasteiger partial charge in [-0.3, -0.25) is 14.4 Å². The molecule has 3 N–H and O–H groups in total. The van der Waals surface area contributed by atoms with Crippen LogP contribution in [-0.4, -0.2) is 17.7 Å². The number of carbonyl (C=O) groups is 3. The molecule has 272 valence electrons. The number of benzene rings is 9. The summed E-state index contributed by atoms with van der Waals surface area (Å²) in [5.41, 5.74) is 4.08. The fraction of sp³-hybridized carbons (Fsp3) is 0. The minimum absolute atomic E-state index is 0.150. The molecule has 9 rings (SSSR count). The summed E-state index contributed by atoms with van der Waals surface area (Å²) < 4.78 is 0. The van der Waals surface area contributed by atoms with E-state index in [2.05, 4.69) is 77.6 Å². The van der Waals surface area contributed by atoms with Gasteiger partial charge in [0.25, 0.3) is 17.7 Å². The van der Waals surface area contributed by atoms with Crippen LogP contribution in [0.5, 0.6) is 0 Å². The normalized spacial score (nSPS) is 11.2. The maximum atomic E-state index is 14.0. The van der Waals surface area contributed by atoms with Crippen molar-refractivity contribution in [1.29, 1.82) is 0 Å². The Morgan fingerprint density at radius 3 is 0.965 bits per heavy atom. The maximum Gasteiger partial charge on any atom is 0.255 e. The van der Waals surface area contributed by atoms with Crippen LogP contribution in [0, 0.1) is 0 Å². The van der Waals surface area contributed by atoms with Gasteiger partial charge in [-0.25, -0.2) is 0 Å². The highest BCUT2D eigenvalue weighted by Gasteiger charge is 2.18. The molecule has 0 aliphatic carbocycles. The van der Waals surface area contributed by atoms with Crippen LogP contribution in [0.25, 0.3) is 66.0 Å². The van der Waals surface area contributed by atoms with E-state index in [1.54, 1.807) is 12.2 Å². The third-order valence-electron chi connectivity index (χ3n) is 10.4. The summed E-state index contributed by atoms with van der Waals surface area (Å²) in [5, 5.41) is 19.3. The molecule has 0 aliphatic heterocycles. The molecule has 0 saturated carbocycles. The van der Waals surface area contributed by atoms with Crippen LogP contribution in [0.1, 0.15) is 42.2 Å². The number of carbonyl (C=O) groups excluding carboxylic acids is 3. The number of amides is 3. The molecular weight excluding hydrogens is 703 g/mol. The van der Waals surface area contributed by atoms with Gasteiger partial charge in [-0.05, 0) is 156 Å². The summed E-state index contributed by atoms with van der Waals surface area (Å²) in [5.74, 6) is -1.39.